The van der Waals surface area contributed by atoms with Gasteiger partial charge in [0.1, 0.15) is 4.90 Å². The second-order valence-electron chi connectivity index (χ2n) is 3.96. The van der Waals surface area contributed by atoms with Crippen LogP contribution < -0.4 is 4.72 Å². The van der Waals surface area contributed by atoms with E-state index in [9.17, 15) is 8.42 Å². The average molecular weight is 441 g/mol. The first kappa shape index (κ1) is 16.0. The van der Waals surface area contributed by atoms with E-state index in [2.05, 4.69) is 36.6 Å². The van der Waals surface area contributed by atoms with Gasteiger partial charge in [-0.1, -0.05) is 12.1 Å². The van der Waals surface area contributed by atoms with Crippen molar-refractivity contribution in [1.82, 2.24) is 0 Å². The summed E-state index contributed by atoms with van der Waals surface area (Å²) in [4.78, 5) is 0.203. The number of benzene rings is 1. The summed E-state index contributed by atoms with van der Waals surface area (Å²) in [5, 5.41) is 8.84. The van der Waals surface area contributed by atoms with Gasteiger partial charge in [0.25, 0.3) is 10.0 Å². The third-order valence-corrected chi connectivity index (χ3v) is 6.66. The van der Waals surface area contributed by atoms with Crippen LogP contribution in [0.5, 0.6) is 0 Å². The Bertz CT molecular complexity index is 696. The van der Waals surface area contributed by atoms with Crippen molar-refractivity contribution in [3.63, 3.8) is 0 Å². The number of sulfonamides is 1. The molecule has 2 rings (SSSR count). The lowest BCUT2D eigenvalue weighted by atomic mass is 10.1. The van der Waals surface area contributed by atoms with Crippen LogP contribution in [-0.4, -0.2) is 20.1 Å². The molecule has 0 aliphatic rings. The lowest BCUT2D eigenvalue weighted by molar-refractivity contribution is 0.299. The Morgan fingerprint density at radius 3 is 2.35 bits per heavy atom. The van der Waals surface area contributed by atoms with Crippen molar-refractivity contribution in [1.29, 1.82) is 0 Å². The highest BCUT2D eigenvalue weighted by Gasteiger charge is 2.20. The van der Waals surface area contributed by atoms with E-state index in [1.165, 1.54) is 11.3 Å². The smallest absolute Gasteiger partial charge is 0.263 e. The molecule has 2 N–H and O–H groups in total. The van der Waals surface area contributed by atoms with E-state index in [1.54, 1.807) is 30.3 Å². The van der Waals surface area contributed by atoms with Gasteiger partial charge in [0.05, 0.1) is 7.57 Å². The maximum absolute atomic E-state index is 12.3. The van der Waals surface area contributed by atoms with Crippen LogP contribution in [0.3, 0.4) is 0 Å². The predicted octanol–water partition coefficient (Wildman–Crippen LogP) is 3.61. The monoisotopic (exact) mass is 439 g/mol. The molecule has 0 fully saturated rings. The summed E-state index contributed by atoms with van der Waals surface area (Å²) in [5.41, 5.74) is 1.44. The summed E-state index contributed by atoms with van der Waals surface area (Å²) >= 11 is 7.80. The Morgan fingerprint density at radius 2 is 1.85 bits per heavy atom. The fraction of sp³-hybridized carbons (Fsp3) is 0.167. The summed E-state index contributed by atoms with van der Waals surface area (Å²) in [6, 6.07) is 8.48. The highest BCUT2D eigenvalue weighted by atomic mass is 79.9. The molecule has 20 heavy (non-hydrogen) atoms. The molecular formula is C12H11Br2NO3S2. The molecule has 0 atom stereocenters. The van der Waals surface area contributed by atoms with Crippen LogP contribution in [-0.2, 0) is 16.4 Å². The molecule has 1 aromatic heterocycles. The van der Waals surface area contributed by atoms with Gasteiger partial charge in [-0.2, -0.15) is 0 Å². The molecule has 0 unspecified atom stereocenters. The van der Waals surface area contributed by atoms with E-state index in [0.29, 0.717) is 15.9 Å². The lowest BCUT2D eigenvalue weighted by Crippen LogP contribution is -2.12. The van der Waals surface area contributed by atoms with E-state index in [-0.39, 0.29) is 11.5 Å². The number of nitrogens with one attached hydrogen (secondary N) is 1. The number of hydrogen-bond donors (Lipinski definition) is 2. The largest absolute Gasteiger partial charge is 0.396 e. The van der Waals surface area contributed by atoms with Crippen molar-refractivity contribution in [2.45, 2.75) is 11.3 Å². The molecule has 0 radical (unpaired) electrons. The Hall–Kier alpha value is -0.410. The van der Waals surface area contributed by atoms with Crippen LogP contribution in [0.4, 0.5) is 5.69 Å². The summed E-state index contributed by atoms with van der Waals surface area (Å²) in [5.74, 6) is 0. The van der Waals surface area contributed by atoms with Crippen molar-refractivity contribution in [2.24, 2.45) is 0 Å². The van der Waals surface area contributed by atoms with Crippen LogP contribution in [0, 0.1) is 0 Å². The highest BCUT2D eigenvalue weighted by molar-refractivity contribution is 9.12. The van der Waals surface area contributed by atoms with Gasteiger partial charge in [-0.15, -0.1) is 11.3 Å². The Labute approximate surface area is 138 Å². The van der Waals surface area contributed by atoms with Crippen LogP contribution in [0.25, 0.3) is 0 Å². The van der Waals surface area contributed by atoms with Gasteiger partial charge in [-0.3, -0.25) is 4.72 Å². The molecule has 2 aromatic rings. The average Bonchev–Trinajstić information content (AvgIpc) is 2.72. The maximum Gasteiger partial charge on any atom is 0.263 e. The van der Waals surface area contributed by atoms with Crippen molar-refractivity contribution in [3.05, 3.63) is 43.5 Å². The van der Waals surface area contributed by atoms with Gasteiger partial charge in [-0.05, 0) is 62.0 Å². The topological polar surface area (TPSA) is 66.4 Å². The van der Waals surface area contributed by atoms with Gasteiger partial charge in [0.15, 0.2) is 0 Å². The molecule has 1 heterocycles. The third-order valence-electron chi connectivity index (χ3n) is 2.52. The standard InChI is InChI=1S/C12H11Br2NO3S2/c13-11-7-10(12(14)19-11)20(17,18)15-9-3-1-8(2-4-9)5-6-16/h1-4,7,15-16H,5-6H2. The lowest BCUT2D eigenvalue weighted by Gasteiger charge is -2.08. The Morgan fingerprint density at radius 1 is 1.20 bits per heavy atom. The summed E-state index contributed by atoms with van der Waals surface area (Å²) in [6.45, 7) is 0.0704. The fourth-order valence-electron chi connectivity index (χ4n) is 1.59. The fourth-order valence-corrected chi connectivity index (χ4v) is 6.46. The van der Waals surface area contributed by atoms with E-state index in [4.69, 9.17) is 5.11 Å². The van der Waals surface area contributed by atoms with E-state index >= 15 is 0 Å². The zero-order valence-electron chi connectivity index (χ0n) is 10.1. The predicted molar refractivity (Wildman–Crippen MR) is 87.8 cm³/mol. The normalized spacial score (nSPS) is 11.6. The van der Waals surface area contributed by atoms with Gasteiger partial charge >= 0.3 is 0 Å². The zero-order valence-corrected chi connectivity index (χ0v) is 14.9. The molecule has 0 spiro atoms. The van der Waals surface area contributed by atoms with Crippen LogP contribution >= 0.6 is 43.2 Å². The molecule has 1 aromatic carbocycles. The minimum atomic E-state index is -3.61. The molecule has 0 aliphatic heterocycles. The first-order valence-electron chi connectivity index (χ1n) is 5.60. The molecule has 0 saturated carbocycles. The van der Waals surface area contributed by atoms with Gasteiger partial charge in [-0.25, -0.2) is 8.42 Å². The third kappa shape index (κ3) is 3.82. The molecule has 0 amide bonds. The first-order valence-corrected chi connectivity index (χ1v) is 9.48. The number of hydrogen-bond acceptors (Lipinski definition) is 4. The molecule has 0 bridgehead atoms. The van der Waals surface area contributed by atoms with E-state index in [0.717, 1.165) is 9.35 Å². The Balaban J connectivity index is 2.22. The highest BCUT2D eigenvalue weighted by Crippen LogP contribution is 2.35. The summed E-state index contributed by atoms with van der Waals surface area (Å²) in [6.07, 6.45) is 0.552. The molecule has 108 valence electrons. The van der Waals surface area contributed by atoms with Crippen LogP contribution in [0.15, 0.2) is 42.8 Å². The number of aliphatic hydroxyl groups excluding tert-OH is 1. The summed E-state index contributed by atoms with van der Waals surface area (Å²) < 4.78 is 28.3. The molecule has 0 saturated heterocycles. The first-order chi connectivity index (χ1) is 9.42. The summed E-state index contributed by atoms with van der Waals surface area (Å²) in [7, 11) is -3.61. The molecule has 4 nitrogen and oxygen atoms in total. The number of aliphatic hydroxyl groups is 1. The van der Waals surface area contributed by atoms with Crippen LogP contribution in [0.2, 0.25) is 0 Å². The molecule has 8 heteroatoms. The second kappa shape index (κ2) is 6.57. The number of thiophene rings is 1. The minimum Gasteiger partial charge on any atom is -0.396 e. The molecule has 0 aliphatic carbocycles. The molecular weight excluding hydrogens is 430 g/mol. The zero-order chi connectivity index (χ0) is 14.8. The quantitative estimate of drug-likeness (QED) is 0.746. The minimum absolute atomic E-state index is 0.0704. The number of rotatable bonds is 5. The number of anilines is 1. The maximum atomic E-state index is 12.3. The van der Waals surface area contributed by atoms with Gasteiger partial charge < -0.3 is 5.11 Å². The number of halogens is 2. The van der Waals surface area contributed by atoms with Crippen LogP contribution in [0.1, 0.15) is 5.56 Å². The van der Waals surface area contributed by atoms with Crippen molar-refractivity contribution in [3.8, 4) is 0 Å². The van der Waals surface area contributed by atoms with Gasteiger partial charge in [0.2, 0.25) is 0 Å². The second-order valence-corrected chi connectivity index (χ2v) is 9.36. The van der Waals surface area contributed by atoms with E-state index < -0.39 is 10.0 Å². The van der Waals surface area contributed by atoms with Gasteiger partial charge in [0, 0.05) is 12.3 Å². The van der Waals surface area contributed by atoms with E-state index in [1.807, 2.05) is 0 Å². The Kier molecular flexibility index (Phi) is 5.25. The van der Waals surface area contributed by atoms with Crippen molar-refractivity contribution < 1.29 is 13.5 Å². The SMILES string of the molecule is O=S(=O)(Nc1ccc(CCO)cc1)c1cc(Br)sc1Br. The van der Waals surface area contributed by atoms with Crippen molar-refractivity contribution in [2.75, 3.05) is 11.3 Å². The van der Waals surface area contributed by atoms with Crippen molar-refractivity contribution >= 4 is 58.9 Å².